The average molecular weight is 434 g/mol. The number of carbonyl (C=O) groups is 1. The van der Waals surface area contributed by atoms with Crippen molar-refractivity contribution in [2.45, 2.75) is 38.6 Å². The highest BCUT2D eigenvalue weighted by atomic mass is 16.3. The van der Waals surface area contributed by atoms with Gasteiger partial charge in [0.15, 0.2) is 0 Å². The molecule has 2 aromatic heterocycles. The molecular weight excluding hydrogens is 402 g/mol. The van der Waals surface area contributed by atoms with Crippen LogP contribution >= 0.6 is 0 Å². The number of rotatable bonds is 7. The number of likely N-dealkylation sites (tertiary alicyclic amines) is 1. The highest BCUT2D eigenvalue weighted by Gasteiger charge is 2.27. The van der Waals surface area contributed by atoms with Crippen molar-refractivity contribution >= 4 is 16.8 Å². The van der Waals surface area contributed by atoms with Gasteiger partial charge in [0.25, 0.3) is 5.91 Å². The summed E-state index contributed by atoms with van der Waals surface area (Å²) in [7, 11) is 1.72. The van der Waals surface area contributed by atoms with E-state index in [4.69, 9.17) is 4.98 Å². The summed E-state index contributed by atoms with van der Waals surface area (Å²) in [5, 5.41) is 10.1. The van der Waals surface area contributed by atoms with E-state index in [0.717, 1.165) is 54.0 Å². The van der Waals surface area contributed by atoms with Gasteiger partial charge < -0.3 is 10.0 Å². The van der Waals surface area contributed by atoms with E-state index < -0.39 is 0 Å². The van der Waals surface area contributed by atoms with E-state index in [2.05, 4.69) is 28.7 Å². The van der Waals surface area contributed by atoms with Crippen molar-refractivity contribution in [2.24, 2.45) is 0 Å². The van der Waals surface area contributed by atoms with E-state index in [1.54, 1.807) is 11.9 Å². The summed E-state index contributed by atoms with van der Waals surface area (Å²) in [6.07, 6.45) is 4.85. The van der Waals surface area contributed by atoms with Crippen molar-refractivity contribution in [3.63, 3.8) is 0 Å². The number of carbonyl (C=O) groups excluding carboxylic acids is 1. The topological polar surface area (TPSA) is 82.5 Å². The summed E-state index contributed by atoms with van der Waals surface area (Å²) in [4.78, 5) is 30.9. The molecule has 1 aliphatic heterocycles. The van der Waals surface area contributed by atoms with Crippen LogP contribution in [0.4, 0.5) is 0 Å². The maximum Gasteiger partial charge on any atom is 0.254 e. The third kappa shape index (κ3) is 4.79. The number of aliphatic hydroxyl groups is 1. The molecule has 1 saturated heterocycles. The predicted octanol–water partition coefficient (Wildman–Crippen LogP) is 3.20. The van der Waals surface area contributed by atoms with Crippen LogP contribution in [0.3, 0.4) is 0 Å². The van der Waals surface area contributed by atoms with Crippen LogP contribution in [0.5, 0.6) is 0 Å². The molecule has 7 nitrogen and oxygen atoms in total. The molecule has 0 radical (unpaired) electrons. The molecular formula is C25H31N5O2. The Morgan fingerprint density at radius 2 is 2.00 bits per heavy atom. The Hall–Kier alpha value is -2.90. The minimum Gasteiger partial charge on any atom is -0.395 e. The Labute approximate surface area is 189 Å². The molecule has 1 fully saturated rings. The van der Waals surface area contributed by atoms with Crippen LogP contribution in [0, 0.1) is 0 Å². The number of benzene rings is 1. The summed E-state index contributed by atoms with van der Waals surface area (Å²) in [5.41, 5.74) is 3.56. The van der Waals surface area contributed by atoms with Gasteiger partial charge in [0, 0.05) is 67.6 Å². The van der Waals surface area contributed by atoms with E-state index in [-0.39, 0.29) is 18.4 Å². The average Bonchev–Trinajstić information content (AvgIpc) is 3.27. The van der Waals surface area contributed by atoms with Gasteiger partial charge in [-0.25, -0.2) is 9.97 Å². The fourth-order valence-corrected chi connectivity index (χ4v) is 4.26. The van der Waals surface area contributed by atoms with Crippen molar-refractivity contribution in [3.05, 3.63) is 65.4 Å². The fraction of sp³-hybridized carbons (Fsp3) is 0.440. The second kappa shape index (κ2) is 9.71. The van der Waals surface area contributed by atoms with Gasteiger partial charge in [-0.3, -0.25) is 14.7 Å². The standard InChI is InChI=1S/C25H31N5O2/c1-17(2)24-26-13-18(14-27-24)15-30-9-8-19(16-30)23-12-21(25(32)29(3)10-11-31)20-6-4-5-7-22(20)28-23/h4-7,12-14,17,19,31H,8-11,15-16H2,1-3H3/t19-/m0/s1. The third-order valence-corrected chi connectivity index (χ3v) is 6.09. The van der Waals surface area contributed by atoms with Crippen LogP contribution in [-0.4, -0.2) is 69.1 Å². The number of hydrogen-bond acceptors (Lipinski definition) is 6. The molecule has 1 atom stereocenters. The summed E-state index contributed by atoms with van der Waals surface area (Å²) < 4.78 is 0. The zero-order valence-electron chi connectivity index (χ0n) is 19.0. The molecule has 0 bridgehead atoms. The molecule has 168 valence electrons. The first kappa shape index (κ1) is 22.3. The van der Waals surface area contributed by atoms with Crippen molar-refractivity contribution in [1.29, 1.82) is 0 Å². The second-order valence-electron chi connectivity index (χ2n) is 8.89. The molecule has 1 aliphatic rings. The summed E-state index contributed by atoms with van der Waals surface area (Å²) in [6, 6.07) is 9.73. The minimum absolute atomic E-state index is 0.0580. The van der Waals surface area contributed by atoms with Crippen LogP contribution in [0.15, 0.2) is 42.7 Å². The van der Waals surface area contributed by atoms with Crippen molar-refractivity contribution in [1.82, 2.24) is 24.8 Å². The molecule has 32 heavy (non-hydrogen) atoms. The number of fused-ring (bicyclic) bond motifs is 1. The Morgan fingerprint density at radius 3 is 2.72 bits per heavy atom. The van der Waals surface area contributed by atoms with Gasteiger partial charge in [0.2, 0.25) is 0 Å². The van der Waals surface area contributed by atoms with Crippen molar-refractivity contribution in [2.75, 3.05) is 33.3 Å². The van der Waals surface area contributed by atoms with E-state index >= 15 is 0 Å². The molecule has 3 heterocycles. The molecule has 4 rings (SSSR count). The molecule has 1 N–H and O–H groups in total. The first-order valence-corrected chi connectivity index (χ1v) is 11.3. The number of para-hydroxylation sites is 1. The molecule has 0 spiro atoms. The highest BCUT2D eigenvalue weighted by Crippen LogP contribution is 2.30. The zero-order chi connectivity index (χ0) is 22.7. The highest BCUT2D eigenvalue weighted by molar-refractivity contribution is 6.06. The molecule has 7 heteroatoms. The van der Waals surface area contributed by atoms with Gasteiger partial charge >= 0.3 is 0 Å². The number of nitrogens with zero attached hydrogens (tertiary/aromatic N) is 5. The quantitative estimate of drug-likeness (QED) is 0.616. The minimum atomic E-state index is -0.0869. The van der Waals surface area contributed by atoms with Gasteiger partial charge in [-0.05, 0) is 25.1 Å². The Balaban J connectivity index is 1.54. The summed E-state index contributed by atoms with van der Waals surface area (Å²) in [5.74, 6) is 1.38. The molecule has 1 aromatic carbocycles. The predicted molar refractivity (Wildman–Crippen MR) is 125 cm³/mol. The third-order valence-electron chi connectivity index (χ3n) is 6.09. The van der Waals surface area contributed by atoms with E-state index in [0.29, 0.717) is 18.0 Å². The van der Waals surface area contributed by atoms with Crippen LogP contribution in [0.1, 0.15) is 59.5 Å². The lowest BCUT2D eigenvalue weighted by atomic mass is 9.99. The monoisotopic (exact) mass is 433 g/mol. The van der Waals surface area contributed by atoms with Crippen molar-refractivity contribution < 1.29 is 9.90 Å². The van der Waals surface area contributed by atoms with Crippen LogP contribution in [-0.2, 0) is 6.54 Å². The summed E-state index contributed by atoms with van der Waals surface area (Å²) >= 11 is 0. The lowest BCUT2D eigenvalue weighted by Crippen LogP contribution is -2.30. The van der Waals surface area contributed by atoms with Crippen molar-refractivity contribution in [3.8, 4) is 0 Å². The molecule has 0 aliphatic carbocycles. The van der Waals surface area contributed by atoms with Crippen LogP contribution < -0.4 is 0 Å². The summed E-state index contributed by atoms with van der Waals surface area (Å²) in [6.45, 7) is 7.11. The van der Waals surface area contributed by atoms with Crippen LogP contribution in [0.25, 0.3) is 10.9 Å². The first-order chi connectivity index (χ1) is 15.5. The number of aromatic nitrogens is 3. The fourth-order valence-electron chi connectivity index (χ4n) is 4.26. The smallest absolute Gasteiger partial charge is 0.254 e. The van der Waals surface area contributed by atoms with E-state index in [1.807, 2.05) is 42.7 Å². The van der Waals surface area contributed by atoms with Gasteiger partial charge in [0.1, 0.15) is 5.82 Å². The lowest BCUT2D eigenvalue weighted by Gasteiger charge is -2.19. The van der Waals surface area contributed by atoms with Gasteiger partial charge in [-0.15, -0.1) is 0 Å². The Kier molecular flexibility index (Phi) is 6.77. The van der Waals surface area contributed by atoms with Gasteiger partial charge in [-0.2, -0.15) is 0 Å². The number of aliphatic hydroxyl groups excluding tert-OH is 1. The Bertz CT molecular complexity index is 1080. The largest absolute Gasteiger partial charge is 0.395 e. The molecule has 3 aromatic rings. The number of pyridine rings is 1. The molecule has 0 saturated carbocycles. The molecule has 0 unspecified atom stereocenters. The zero-order valence-corrected chi connectivity index (χ0v) is 19.0. The lowest BCUT2D eigenvalue weighted by molar-refractivity contribution is 0.0768. The van der Waals surface area contributed by atoms with Crippen LogP contribution in [0.2, 0.25) is 0 Å². The first-order valence-electron chi connectivity index (χ1n) is 11.3. The normalized spacial score (nSPS) is 16.7. The number of likely N-dealkylation sites (N-methyl/N-ethyl adjacent to an activating group) is 1. The Morgan fingerprint density at radius 1 is 1.25 bits per heavy atom. The maximum atomic E-state index is 13.1. The number of amides is 1. The molecule has 1 amide bonds. The van der Waals surface area contributed by atoms with Gasteiger partial charge in [0.05, 0.1) is 17.7 Å². The second-order valence-corrected chi connectivity index (χ2v) is 8.89. The van der Waals surface area contributed by atoms with Gasteiger partial charge in [-0.1, -0.05) is 32.0 Å². The van der Waals surface area contributed by atoms with E-state index in [1.165, 1.54) is 0 Å². The SMILES string of the molecule is CC(C)c1ncc(CN2CC[C@H](c3cc(C(=O)N(C)CCO)c4ccccc4n3)C2)cn1. The maximum absolute atomic E-state index is 13.1. The number of hydrogen-bond donors (Lipinski definition) is 1. The van der Waals surface area contributed by atoms with E-state index in [9.17, 15) is 9.90 Å².